The molecular weight excluding hydrogens is 452 g/mol. The van der Waals surface area contributed by atoms with Crippen molar-refractivity contribution < 1.29 is 4.92 Å². The van der Waals surface area contributed by atoms with Crippen LogP contribution in [0.4, 0.5) is 22.7 Å². The summed E-state index contributed by atoms with van der Waals surface area (Å²) in [5.74, 6) is 0. The van der Waals surface area contributed by atoms with Gasteiger partial charge in [0, 0.05) is 48.9 Å². The molecule has 0 aliphatic rings. The SMILES string of the molecule is O=[N+]([O-])c1ccc(N(c2ccccc2)c2ccccc2)cc1-c1cccc2c1sc1ccccc12. The molecule has 35 heavy (non-hydrogen) atoms. The molecule has 0 saturated carbocycles. The van der Waals surface area contributed by atoms with Crippen LogP contribution < -0.4 is 4.90 Å². The number of nitrogens with zero attached hydrogens (tertiary/aromatic N) is 2. The van der Waals surface area contributed by atoms with Crippen LogP contribution in [0.1, 0.15) is 0 Å². The standard InChI is InChI=1S/C30H20N2O2S/c33-32(34)28-19-18-23(31(21-10-3-1-4-11-21)22-12-5-2-6-13-22)20-27(28)26-16-9-15-25-24-14-7-8-17-29(24)35-30(25)26/h1-20H. The Morgan fingerprint density at radius 1 is 0.600 bits per heavy atom. The fraction of sp³-hybridized carbons (Fsp3) is 0. The van der Waals surface area contributed by atoms with Crippen LogP contribution in [0, 0.1) is 10.1 Å². The van der Waals surface area contributed by atoms with E-state index in [0.717, 1.165) is 32.7 Å². The summed E-state index contributed by atoms with van der Waals surface area (Å²) in [6, 6.07) is 39.8. The zero-order chi connectivity index (χ0) is 23.8. The van der Waals surface area contributed by atoms with Crippen LogP contribution in [0.5, 0.6) is 0 Å². The third-order valence-corrected chi connectivity index (χ3v) is 7.38. The lowest BCUT2D eigenvalue weighted by Gasteiger charge is -2.26. The van der Waals surface area contributed by atoms with Gasteiger partial charge < -0.3 is 4.90 Å². The normalized spacial score (nSPS) is 11.1. The number of anilines is 3. The molecule has 0 amide bonds. The Morgan fingerprint density at radius 2 is 1.23 bits per heavy atom. The molecule has 0 atom stereocenters. The molecule has 4 nitrogen and oxygen atoms in total. The van der Waals surface area contributed by atoms with Gasteiger partial charge in [0.05, 0.1) is 10.5 Å². The van der Waals surface area contributed by atoms with Crippen molar-refractivity contribution in [3.63, 3.8) is 0 Å². The number of hydrogen-bond acceptors (Lipinski definition) is 4. The summed E-state index contributed by atoms with van der Waals surface area (Å²) in [6.45, 7) is 0. The fourth-order valence-electron chi connectivity index (χ4n) is 4.60. The van der Waals surface area contributed by atoms with Gasteiger partial charge in [-0.1, -0.05) is 72.8 Å². The summed E-state index contributed by atoms with van der Waals surface area (Å²) in [7, 11) is 0. The first-order chi connectivity index (χ1) is 17.2. The minimum atomic E-state index is -0.291. The Hall–Kier alpha value is -4.48. The molecule has 0 N–H and O–H groups in total. The Labute approximate surface area is 206 Å². The van der Waals surface area contributed by atoms with Crippen LogP contribution in [0.25, 0.3) is 31.3 Å². The smallest absolute Gasteiger partial charge is 0.277 e. The van der Waals surface area contributed by atoms with Crippen molar-refractivity contribution in [3.05, 3.63) is 131 Å². The summed E-state index contributed by atoms with van der Waals surface area (Å²) in [6.07, 6.45) is 0. The van der Waals surface area contributed by atoms with E-state index in [1.165, 1.54) is 10.1 Å². The molecule has 0 fully saturated rings. The van der Waals surface area contributed by atoms with Crippen LogP contribution in [0.3, 0.4) is 0 Å². The number of rotatable bonds is 5. The van der Waals surface area contributed by atoms with Gasteiger partial charge in [-0.05, 0) is 42.5 Å². The van der Waals surface area contributed by atoms with Crippen LogP contribution in [0.2, 0.25) is 0 Å². The van der Waals surface area contributed by atoms with E-state index >= 15 is 0 Å². The van der Waals surface area contributed by atoms with Crippen molar-refractivity contribution in [2.75, 3.05) is 4.90 Å². The molecule has 0 radical (unpaired) electrons. The largest absolute Gasteiger partial charge is 0.310 e. The van der Waals surface area contributed by atoms with Crippen molar-refractivity contribution in [3.8, 4) is 11.1 Å². The quantitative estimate of drug-likeness (QED) is 0.186. The highest BCUT2D eigenvalue weighted by atomic mass is 32.1. The third kappa shape index (κ3) is 3.72. The molecule has 5 heteroatoms. The van der Waals surface area contributed by atoms with Gasteiger partial charge in [0.25, 0.3) is 5.69 Å². The maximum atomic E-state index is 12.1. The molecule has 6 aromatic rings. The number of fused-ring (bicyclic) bond motifs is 3. The molecule has 168 valence electrons. The van der Waals surface area contributed by atoms with Crippen molar-refractivity contribution in [1.29, 1.82) is 0 Å². The van der Waals surface area contributed by atoms with E-state index in [9.17, 15) is 10.1 Å². The second-order valence-electron chi connectivity index (χ2n) is 8.25. The van der Waals surface area contributed by atoms with Gasteiger partial charge in [-0.25, -0.2) is 0 Å². The number of nitro benzene ring substituents is 1. The van der Waals surface area contributed by atoms with Gasteiger partial charge in [0.1, 0.15) is 0 Å². The van der Waals surface area contributed by atoms with E-state index in [0.29, 0.717) is 5.56 Å². The van der Waals surface area contributed by atoms with E-state index in [2.05, 4.69) is 23.1 Å². The summed E-state index contributed by atoms with van der Waals surface area (Å²) in [5.41, 5.74) is 4.41. The molecule has 0 aliphatic heterocycles. The van der Waals surface area contributed by atoms with E-state index < -0.39 is 0 Å². The average molecular weight is 473 g/mol. The van der Waals surface area contributed by atoms with Gasteiger partial charge in [-0.2, -0.15) is 0 Å². The molecule has 5 aromatic carbocycles. The van der Waals surface area contributed by atoms with Gasteiger partial charge in [0.2, 0.25) is 0 Å². The van der Waals surface area contributed by atoms with E-state index in [-0.39, 0.29) is 10.6 Å². The molecule has 0 saturated heterocycles. The number of para-hydroxylation sites is 2. The molecule has 6 rings (SSSR count). The number of hydrogen-bond donors (Lipinski definition) is 0. The van der Waals surface area contributed by atoms with Gasteiger partial charge in [0.15, 0.2) is 0 Å². The van der Waals surface area contributed by atoms with Gasteiger partial charge >= 0.3 is 0 Å². The monoisotopic (exact) mass is 472 g/mol. The highest BCUT2D eigenvalue weighted by Gasteiger charge is 2.22. The van der Waals surface area contributed by atoms with Crippen LogP contribution in [-0.4, -0.2) is 4.92 Å². The molecule has 0 unspecified atom stereocenters. The first kappa shape index (κ1) is 21.1. The lowest BCUT2D eigenvalue weighted by molar-refractivity contribution is -0.384. The van der Waals surface area contributed by atoms with Crippen molar-refractivity contribution in [2.45, 2.75) is 0 Å². The van der Waals surface area contributed by atoms with Crippen LogP contribution in [0.15, 0.2) is 121 Å². The Bertz CT molecular complexity index is 1640. The second kappa shape index (κ2) is 8.70. The minimum Gasteiger partial charge on any atom is -0.310 e. The zero-order valence-electron chi connectivity index (χ0n) is 18.7. The van der Waals surface area contributed by atoms with E-state index in [4.69, 9.17) is 0 Å². The number of thiophene rings is 1. The van der Waals surface area contributed by atoms with Crippen molar-refractivity contribution in [1.82, 2.24) is 0 Å². The predicted octanol–water partition coefficient (Wildman–Crippen LogP) is 9.10. The summed E-state index contributed by atoms with van der Waals surface area (Å²) in [4.78, 5) is 14.0. The molecule has 0 bridgehead atoms. The average Bonchev–Trinajstić information content (AvgIpc) is 3.29. The van der Waals surface area contributed by atoms with Crippen LogP contribution >= 0.6 is 11.3 Å². The number of nitro groups is 1. The predicted molar refractivity (Wildman–Crippen MR) is 146 cm³/mol. The Balaban J connectivity index is 1.61. The van der Waals surface area contributed by atoms with Crippen molar-refractivity contribution in [2.24, 2.45) is 0 Å². The van der Waals surface area contributed by atoms with Crippen molar-refractivity contribution >= 4 is 54.3 Å². The first-order valence-electron chi connectivity index (χ1n) is 11.3. The Kier molecular flexibility index (Phi) is 5.24. The van der Waals surface area contributed by atoms with Crippen LogP contribution in [-0.2, 0) is 0 Å². The highest BCUT2D eigenvalue weighted by molar-refractivity contribution is 7.26. The van der Waals surface area contributed by atoms with E-state index in [1.807, 2.05) is 97.1 Å². The maximum absolute atomic E-state index is 12.1. The Morgan fingerprint density at radius 3 is 1.91 bits per heavy atom. The zero-order valence-corrected chi connectivity index (χ0v) is 19.5. The topological polar surface area (TPSA) is 46.4 Å². The van der Waals surface area contributed by atoms with Gasteiger partial charge in [-0.3, -0.25) is 10.1 Å². The number of benzene rings is 5. The molecular formula is C30H20N2O2S. The minimum absolute atomic E-state index is 0.0970. The lowest BCUT2D eigenvalue weighted by atomic mass is 10.00. The highest BCUT2D eigenvalue weighted by Crippen LogP contribution is 2.44. The first-order valence-corrected chi connectivity index (χ1v) is 12.1. The molecule has 0 spiro atoms. The lowest BCUT2D eigenvalue weighted by Crippen LogP contribution is -2.10. The second-order valence-corrected chi connectivity index (χ2v) is 9.30. The fourth-order valence-corrected chi connectivity index (χ4v) is 5.83. The third-order valence-electron chi connectivity index (χ3n) is 6.16. The molecule has 0 aliphatic carbocycles. The maximum Gasteiger partial charge on any atom is 0.277 e. The molecule has 1 heterocycles. The molecule has 1 aromatic heterocycles. The summed E-state index contributed by atoms with van der Waals surface area (Å²) in [5, 5.41) is 14.4. The van der Waals surface area contributed by atoms with Gasteiger partial charge in [-0.15, -0.1) is 11.3 Å². The van der Waals surface area contributed by atoms with E-state index in [1.54, 1.807) is 17.4 Å². The summed E-state index contributed by atoms with van der Waals surface area (Å²) >= 11 is 1.67. The summed E-state index contributed by atoms with van der Waals surface area (Å²) < 4.78 is 2.23.